The van der Waals surface area contributed by atoms with Gasteiger partial charge in [0, 0.05) is 23.7 Å². The van der Waals surface area contributed by atoms with Crippen molar-refractivity contribution in [3.05, 3.63) is 42.2 Å². The van der Waals surface area contributed by atoms with E-state index in [0.29, 0.717) is 29.2 Å². The molecule has 2 N–H and O–H groups in total. The highest BCUT2D eigenvalue weighted by atomic mass is 32.2. The molecule has 0 amide bonds. The van der Waals surface area contributed by atoms with Crippen LogP contribution in [0.3, 0.4) is 0 Å². The van der Waals surface area contributed by atoms with E-state index in [-0.39, 0.29) is 28.5 Å². The van der Waals surface area contributed by atoms with Crippen LogP contribution in [-0.2, 0) is 14.6 Å². The van der Waals surface area contributed by atoms with Crippen LogP contribution in [-0.4, -0.2) is 62.3 Å². The molecule has 0 radical (unpaired) electrons. The summed E-state index contributed by atoms with van der Waals surface area (Å²) >= 11 is 1.32. The molecule has 3 rings (SSSR count). The summed E-state index contributed by atoms with van der Waals surface area (Å²) in [6, 6.07) is 9.16. The predicted molar refractivity (Wildman–Crippen MR) is 140 cm³/mol. The van der Waals surface area contributed by atoms with Crippen LogP contribution >= 0.6 is 11.8 Å². The molecular weight excluding hydrogens is 505 g/mol. The minimum absolute atomic E-state index is 0.0475. The second-order valence-corrected chi connectivity index (χ2v) is 12.2. The van der Waals surface area contributed by atoms with E-state index in [9.17, 15) is 27.8 Å². The van der Waals surface area contributed by atoms with Gasteiger partial charge in [0.2, 0.25) is 0 Å². The maximum atomic E-state index is 13.8. The number of fused-ring (bicyclic) bond motifs is 1. The van der Waals surface area contributed by atoms with Crippen LogP contribution in [0.25, 0.3) is 0 Å². The molecule has 0 bridgehead atoms. The van der Waals surface area contributed by atoms with Crippen molar-refractivity contribution in [2.45, 2.75) is 54.9 Å². The summed E-state index contributed by atoms with van der Waals surface area (Å²) in [5.41, 5.74) is -1.46. The Morgan fingerprint density at radius 2 is 1.94 bits per heavy atom. The summed E-state index contributed by atoms with van der Waals surface area (Å²) in [6.45, 7) is 3.16. The Kier molecular flexibility index (Phi) is 9.08. The fourth-order valence-electron chi connectivity index (χ4n) is 4.47. The van der Waals surface area contributed by atoms with Crippen molar-refractivity contribution in [3.8, 4) is 5.75 Å². The molecule has 0 aromatic heterocycles. The van der Waals surface area contributed by atoms with Gasteiger partial charge < -0.3 is 19.8 Å². The molecule has 0 spiro atoms. The molecule has 1 heterocycles. The summed E-state index contributed by atoms with van der Waals surface area (Å²) in [7, 11) is -3.78. The average molecular weight is 540 g/mol. The molecular formula is C26H34FNO6S2. The van der Waals surface area contributed by atoms with Crippen LogP contribution in [0.1, 0.15) is 39.5 Å². The highest BCUT2D eigenvalue weighted by molar-refractivity contribution is 7.98. The van der Waals surface area contributed by atoms with Crippen LogP contribution in [0.2, 0.25) is 0 Å². The van der Waals surface area contributed by atoms with Gasteiger partial charge in [-0.3, -0.25) is 4.79 Å². The number of ether oxygens (including phenoxy) is 1. The average Bonchev–Trinajstić information content (AvgIpc) is 2.98. The third-order valence-corrected chi connectivity index (χ3v) is 9.53. The molecule has 0 saturated heterocycles. The van der Waals surface area contributed by atoms with Gasteiger partial charge in [0.25, 0.3) is 0 Å². The van der Waals surface area contributed by atoms with Gasteiger partial charge in [-0.1, -0.05) is 26.7 Å². The molecule has 10 heteroatoms. The lowest BCUT2D eigenvalue weighted by Gasteiger charge is -2.36. The van der Waals surface area contributed by atoms with Crippen molar-refractivity contribution in [1.82, 2.24) is 0 Å². The van der Waals surface area contributed by atoms with Crippen molar-refractivity contribution in [1.29, 1.82) is 0 Å². The molecule has 1 aliphatic heterocycles. The molecule has 1 aliphatic rings. The SMILES string of the molecule is CCCC[C@]1(CC)CN(c2ccc(F)cc2)c2cc(SC)c(OC[C@@](O)(C=O)CO)cc2S(=O)(=O)C1. The quantitative estimate of drug-likeness (QED) is 0.321. The van der Waals surface area contributed by atoms with E-state index in [4.69, 9.17) is 4.74 Å². The first kappa shape index (κ1) is 28.4. The summed E-state index contributed by atoms with van der Waals surface area (Å²) in [4.78, 5) is 13.8. The van der Waals surface area contributed by atoms with Crippen LogP contribution in [0, 0.1) is 11.2 Å². The van der Waals surface area contributed by atoms with Crippen molar-refractivity contribution >= 4 is 39.3 Å². The second-order valence-electron chi connectivity index (χ2n) is 9.42. The largest absolute Gasteiger partial charge is 0.489 e. The number of halogens is 1. The number of carbonyl (C=O) groups excluding carboxylic acids is 1. The van der Waals surface area contributed by atoms with Gasteiger partial charge >= 0.3 is 0 Å². The number of aliphatic hydroxyl groups excluding tert-OH is 1. The Balaban J connectivity index is 2.21. The van der Waals surface area contributed by atoms with Crippen LogP contribution in [0.15, 0.2) is 46.2 Å². The molecule has 36 heavy (non-hydrogen) atoms. The van der Waals surface area contributed by atoms with Gasteiger partial charge in [-0.2, -0.15) is 0 Å². The molecule has 0 aliphatic carbocycles. The van der Waals surface area contributed by atoms with Crippen molar-refractivity contribution in [3.63, 3.8) is 0 Å². The van der Waals surface area contributed by atoms with E-state index in [2.05, 4.69) is 6.92 Å². The molecule has 0 unspecified atom stereocenters. The highest BCUT2D eigenvalue weighted by Crippen LogP contribution is 2.47. The van der Waals surface area contributed by atoms with Gasteiger partial charge in [0.05, 0.1) is 27.8 Å². The first-order valence-corrected chi connectivity index (χ1v) is 14.8. The van der Waals surface area contributed by atoms with Crippen LogP contribution < -0.4 is 9.64 Å². The number of thioether (sulfide) groups is 1. The zero-order valence-electron chi connectivity index (χ0n) is 20.9. The van der Waals surface area contributed by atoms with Gasteiger partial charge in [-0.25, -0.2) is 12.8 Å². The maximum absolute atomic E-state index is 13.8. The van der Waals surface area contributed by atoms with Gasteiger partial charge in [-0.15, -0.1) is 11.8 Å². The number of hydrogen-bond acceptors (Lipinski definition) is 8. The van der Waals surface area contributed by atoms with Crippen LogP contribution in [0.4, 0.5) is 15.8 Å². The van der Waals surface area contributed by atoms with E-state index in [0.717, 1.165) is 19.3 Å². The van der Waals surface area contributed by atoms with Crippen molar-refractivity contribution < 1.29 is 32.6 Å². The van der Waals surface area contributed by atoms with Gasteiger partial charge in [-0.05, 0) is 49.4 Å². The summed E-state index contributed by atoms with van der Waals surface area (Å²) in [6.07, 6.45) is 5.20. The number of aldehydes is 1. The van der Waals surface area contributed by atoms with Crippen LogP contribution in [0.5, 0.6) is 5.75 Å². The smallest absolute Gasteiger partial charge is 0.181 e. The molecule has 2 aromatic rings. The minimum Gasteiger partial charge on any atom is -0.489 e. The molecule has 198 valence electrons. The van der Waals surface area contributed by atoms with Crippen molar-refractivity contribution in [2.24, 2.45) is 5.41 Å². The fourth-order valence-corrected chi connectivity index (χ4v) is 7.20. The Morgan fingerprint density at radius 3 is 2.50 bits per heavy atom. The Morgan fingerprint density at radius 1 is 1.25 bits per heavy atom. The summed E-state index contributed by atoms with van der Waals surface area (Å²) in [5, 5.41) is 19.5. The van der Waals surface area contributed by atoms with E-state index in [1.54, 1.807) is 24.5 Å². The third kappa shape index (κ3) is 6.04. The lowest BCUT2D eigenvalue weighted by atomic mass is 9.81. The molecule has 7 nitrogen and oxygen atoms in total. The number of anilines is 2. The number of unbranched alkanes of at least 4 members (excludes halogenated alkanes) is 1. The minimum atomic E-state index is -3.78. The number of benzene rings is 2. The lowest BCUT2D eigenvalue weighted by molar-refractivity contribution is -0.131. The van der Waals surface area contributed by atoms with Crippen molar-refractivity contribution in [2.75, 3.05) is 36.7 Å². The summed E-state index contributed by atoms with van der Waals surface area (Å²) < 4.78 is 47.1. The molecule has 0 fully saturated rings. The van der Waals surface area contributed by atoms with E-state index < -0.39 is 34.1 Å². The third-order valence-electron chi connectivity index (χ3n) is 6.78. The number of carbonyl (C=O) groups is 1. The maximum Gasteiger partial charge on any atom is 0.181 e. The van der Waals surface area contributed by atoms with E-state index >= 15 is 0 Å². The van der Waals surface area contributed by atoms with Gasteiger partial charge in [0.15, 0.2) is 21.7 Å². The number of hydrogen-bond donors (Lipinski definition) is 2. The highest BCUT2D eigenvalue weighted by Gasteiger charge is 2.42. The number of aliphatic hydroxyl groups is 2. The first-order chi connectivity index (χ1) is 17.1. The molecule has 2 atom stereocenters. The fraction of sp³-hybridized carbons (Fsp3) is 0.500. The Labute approximate surface area is 216 Å². The Bertz CT molecular complexity index is 1170. The number of sulfone groups is 1. The second kappa shape index (κ2) is 11.5. The predicted octanol–water partition coefficient (Wildman–Crippen LogP) is 4.36. The topological polar surface area (TPSA) is 104 Å². The zero-order valence-corrected chi connectivity index (χ0v) is 22.5. The first-order valence-electron chi connectivity index (χ1n) is 12.0. The summed E-state index contributed by atoms with van der Waals surface area (Å²) in [5.74, 6) is -0.238. The Hall–Kier alpha value is -2.14. The number of rotatable bonds is 11. The van der Waals surface area contributed by atoms with E-state index in [1.807, 2.05) is 11.8 Å². The number of nitrogens with zero attached hydrogens (tertiary/aromatic N) is 1. The standard InChI is InChI=1S/C26H34FNO6S2/c1-4-6-11-25(5-2)14-28(20-9-7-19(27)8-10-20)21-12-23(35-3)22(13-24(21)36(32,33)18-25)34-17-26(31,15-29)16-30/h7-10,12-13,15,30-31H,4-6,11,14,16-18H2,1-3H3/t25-,26-/m1/s1. The molecule has 2 aromatic carbocycles. The van der Waals surface area contributed by atoms with Gasteiger partial charge in [0.1, 0.15) is 18.2 Å². The lowest BCUT2D eigenvalue weighted by Crippen LogP contribution is -2.41. The normalized spacial score (nSPS) is 20.8. The zero-order chi connectivity index (χ0) is 26.6. The van der Waals surface area contributed by atoms with E-state index in [1.165, 1.54) is 30.0 Å². The monoisotopic (exact) mass is 539 g/mol. The molecule has 0 saturated carbocycles.